The number of aryl methyl sites for hydroxylation is 1. The Morgan fingerprint density at radius 2 is 1.34 bits per heavy atom. The maximum Gasteiger partial charge on any atom is 0.137 e. The van der Waals surface area contributed by atoms with Crippen LogP contribution in [0, 0.1) is 0 Å². The lowest BCUT2D eigenvalue weighted by Crippen LogP contribution is -2.17. The fourth-order valence-corrected chi connectivity index (χ4v) is 8.88. The van der Waals surface area contributed by atoms with Crippen LogP contribution >= 0.6 is 0 Å². The molecular formula is C51H41NO. The molecule has 0 aliphatic heterocycles. The first kappa shape index (κ1) is 31.6. The second kappa shape index (κ2) is 12.5. The maximum atomic E-state index is 6.69. The standard InChI is InChI=1S/C51H41NO/c1-51(2)46-19-11-9-17-41(46)42-30-29-40(31-47(42)51)52(39-27-25-37(26-28-39)35-15-7-4-8-16-35)48-33-50-45(43-18-10-12-20-49(43)53-50)32-44(48)38-23-21-36(22-24-38)34-13-5-3-6-14-34/h3-11,13-19,21-23,25-33,38H,12,20,24H2,1-2H3. The molecule has 2 heteroatoms. The van der Waals surface area contributed by atoms with Gasteiger partial charge in [-0.3, -0.25) is 0 Å². The van der Waals surface area contributed by atoms with Crippen molar-refractivity contribution in [3.8, 4) is 22.3 Å². The van der Waals surface area contributed by atoms with Crippen molar-refractivity contribution in [1.29, 1.82) is 0 Å². The van der Waals surface area contributed by atoms with Gasteiger partial charge in [-0.1, -0.05) is 147 Å². The highest BCUT2D eigenvalue weighted by Gasteiger charge is 2.36. The molecule has 1 unspecified atom stereocenters. The normalized spacial score (nSPS) is 16.6. The first-order valence-corrected chi connectivity index (χ1v) is 18.9. The van der Waals surface area contributed by atoms with Crippen molar-refractivity contribution in [2.75, 3.05) is 4.90 Å². The van der Waals surface area contributed by atoms with Crippen LogP contribution in [0.25, 0.3) is 44.9 Å². The first-order valence-electron chi connectivity index (χ1n) is 18.9. The second-order valence-electron chi connectivity index (χ2n) is 15.2. The Hall–Kier alpha value is -6.12. The van der Waals surface area contributed by atoms with Crippen LogP contribution in [0.3, 0.4) is 0 Å². The highest BCUT2D eigenvalue weighted by Crippen LogP contribution is 2.52. The van der Waals surface area contributed by atoms with Crippen molar-refractivity contribution < 1.29 is 4.42 Å². The van der Waals surface area contributed by atoms with Gasteiger partial charge in [-0.05, 0) is 93.3 Å². The molecule has 2 nitrogen and oxygen atoms in total. The monoisotopic (exact) mass is 683 g/mol. The second-order valence-corrected chi connectivity index (χ2v) is 15.2. The fourth-order valence-electron chi connectivity index (χ4n) is 8.88. The molecule has 6 aromatic carbocycles. The van der Waals surface area contributed by atoms with E-state index in [1.807, 2.05) is 0 Å². The molecule has 10 rings (SSSR count). The van der Waals surface area contributed by atoms with E-state index in [1.165, 1.54) is 61.0 Å². The summed E-state index contributed by atoms with van der Waals surface area (Å²) in [7, 11) is 0. The van der Waals surface area contributed by atoms with Crippen molar-refractivity contribution in [3.63, 3.8) is 0 Å². The summed E-state index contributed by atoms with van der Waals surface area (Å²) in [5, 5.41) is 1.20. The number of hydrogen-bond acceptors (Lipinski definition) is 2. The van der Waals surface area contributed by atoms with Crippen molar-refractivity contribution >= 4 is 39.7 Å². The summed E-state index contributed by atoms with van der Waals surface area (Å²) in [5.74, 6) is 1.29. The quantitative estimate of drug-likeness (QED) is 0.173. The summed E-state index contributed by atoms with van der Waals surface area (Å²) in [4.78, 5) is 2.48. The Morgan fingerprint density at radius 3 is 2.11 bits per heavy atom. The van der Waals surface area contributed by atoms with E-state index >= 15 is 0 Å². The fraction of sp³-hybridized carbons (Fsp3) is 0.137. The third kappa shape index (κ3) is 5.32. The summed E-state index contributed by atoms with van der Waals surface area (Å²) >= 11 is 0. The molecule has 3 aliphatic carbocycles. The molecule has 0 spiro atoms. The summed E-state index contributed by atoms with van der Waals surface area (Å²) < 4.78 is 6.69. The Balaban J connectivity index is 1.17. The predicted octanol–water partition coefficient (Wildman–Crippen LogP) is 14.0. The number of fused-ring (bicyclic) bond motifs is 6. The van der Waals surface area contributed by atoms with Crippen LogP contribution < -0.4 is 4.90 Å². The highest BCUT2D eigenvalue weighted by atomic mass is 16.3. The van der Waals surface area contributed by atoms with E-state index in [0.29, 0.717) is 0 Å². The van der Waals surface area contributed by atoms with Gasteiger partial charge in [0.05, 0.1) is 5.69 Å². The summed E-state index contributed by atoms with van der Waals surface area (Å²) in [6.45, 7) is 4.73. The van der Waals surface area contributed by atoms with Crippen LogP contribution in [0.1, 0.15) is 66.2 Å². The summed E-state index contributed by atoms with van der Waals surface area (Å²) in [6.07, 6.45) is 14.5. The zero-order chi connectivity index (χ0) is 35.5. The average molecular weight is 684 g/mol. The summed E-state index contributed by atoms with van der Waals surface area (Å²) in [6, 6.07) is 51.2. The van der Waals surface area contributed by atoms with Gasteiger partial charge in [-0.15, -0.1) is 0 Å². The molecule has 1 heterocycles. The number of nitrogens with zero attached hydrogens (tertiary/aromatic N) is 1. The largest absolute Gasteiger partial charge is 0.460 e. The smallest absolute Gasteiger partial charge is 0.137 e. The lowest BCUT2D eigenvalue weighted by Gasteiger charge is -2.31. The Bertz CT molecular complexity index is 2600. The molecule has 0 N–H and O–H groups in total. The zero-order valence-corrected chi connectivity index (χ0v) is 30.2. The molecule has 0 amide bonds. The van der Waals surface area contributed by atoms with Gasteiger partial charge < -0.3 is 9.32 Å². The third-order valence-corrected chi connectivity index (χ3v) is 11.7. The molecule has 0 bridgehead atoms. The van der Waals surface area contributed by atoms with E-state index in [0.717, 1.165) is 47.7 Å². The van der Waals surface area contributed by atoms with E-state index in [1.54, 1.807) is 0 Å². The van der Waals surface area contributed by atoms with Crippen LogP contribution in [0.4, 0.5) is 17.1 Å². The van der Waals surface area contributed by atoms with Gasteiger partial charge in [-0.2, -0.15) is 0 Å². The molecule has 1 atom stereocenters. The number of rotatable bonds is 6. The molecule has 0 saturated carbocycles. The lowest BCUT2D eigenvalue weighted by molar-refractivity contribution is 0.546. The van der Waals surface area contributed by atoms with Crippen LogP contribution in [0.2, 0.25) is 0 Å². The van der Waals surface area contributed by atoms with Crippen molar-refractivity contribution in [2.24, 2.45) is 0 Å². The van der Waals surface area contributed by atoms with Gasteiger partial charge in [0.15, 0.2) is 0 Å². The lowest BCUT2D eigenvalue weighted by atomic mass is 9.82. The van der Waals surface area contributed by atoms with Gasteiger partial charge in [0.2, 0.25) is 0 Å². The van der Waals surface area contributed by atoms with Gasteiger partial charge in [0, 0.05) is 46.1 Å². The molecule has 1 aromatic heterocycles. The first-order chi connectivity index (χ1) is 26.0. The topological polar surface area (TPSA) is 16.4 Å². The van der Waals surface area contributed by atoms with Crippen LogP contribution in [0.5, 0.6) is 0 Å². The molecule has 3 aliphatic rings. The molecule has 53 heavy (non-hydrogen) atoms. The molecule has 0 radical (unpaired) electrons. The van der Waals surface area contributed by atoms with Gasteiger partial charge in [-0.25, -0.2) is 0 Å². The Morgan fingerprint density at radius 1 is 0.642 bits per heavy atom. The van der Waals surface area contributed by atoms with E-state index < -0.39 is 0 Å². The van der Waals surface area contributed by atoms with Gasteiger partial charge in [0.25, 0.3) is 0 Å². The maximum absolute atomic E-state index is 6.69. The molecule has 256 valence electrons. The number of anilines is 3. The predicted molar refractivity (Wildman–Crippen MR) is 222 cm³/mol. The van der Waals surface area contributed by atoms with Gasteiger partial charge in [0.1, 0.15) is 11.3 Å². The van der Waals surface area contributed by atoms with E-state index in [9.17, 15) is 0 Å². The highest BCUT2D eigenvalue weighted by molar-refractivity contribution is 5.96. The van der Waals surface area contributed by atoms with E-state index in [2.05, 4.69) is 189 Å². The Kier molecular flexibility index (Phi) is 7.47. The number of furan rings is 1. The third-order valence-electron chi connectivity index (χ3n) is 11.7. The van der Waals surface area contributed by atoms with Crippen molar-refractivity contribution in [3.05, 3.63) is 197 Å². The molecule has 7 aromatic rings. The number of benzene rings is 6. The van der Waals surface area contributed by atoms with Crippen LogP contribution in [0.15, 0.2) is 168 Å². The minimum atomic E-state index is -0.116. The van der Waals surface area contributed by atoms with Gasteiger partial charge >= 0.3 is 0 Å². The SMILES string of the molecule is CC1(C)c2ccccc2-c2ccc(N(c3ccc(-c4ccccc4)cc3)c3cc4oc5c(c4cc3C3C=CC(c4ccccc4)=CC3)C=CCC5)cc21. The number of allylic oxidation sites excluding steroid dienone is 5. The zero-order valence-electron chi connectivity index (χ0n) is 30.2. The van der Waals surface area contributed by atoms with Crippen molar-refractivity contribution in [1.82, 2.24) is 0 Å². The van der Waals surface area contributed by atoms with E-state index in [-0.39, 0.29) is 11.3 Å². The van der Waals surface area contributed by atoms with Crippen LogP contribution in [-0.2, 0) is 11.8 Å². The van der Waals surface area contributed by atoms with Crippen LogP contribution in [-0.4, -0.2) is 0 Å². The average Bonchev–Trinajstić information content (AvgIpc) is 3.69. The molecule has 0 saturated heterocycles. The number of hydrogen-bond donors (Lipinski definition) is 0. The molecule has 0 fully saturated rings. The Labute approximate surface area is 312 Å². The summed E-state index contributed by atoms with van der Waals surface area (Å²) in [5.41, 5.74) is 17.1. The molecular weight excluding hydrogens is 643 g/mol. The minimum Gasteiger partial charge on any atom is -0.460 e. The minimum absolute atomic E-state index is 0.116. The van der Waals surface area contributed by atoms with Crippen molar-refractivity contribution in [2.45, 2.75) is 44.4 Å². The van der Waals surface area contributed by atoms with E-state index in [4.69, 9.17) is 4.42 Å².